The number of hydrogen-bond donors (Lipinski definition) is 1. The van der Waals surface area contributed by atoms with E-state index in [4.69, 9.17) is 11.6 Å². The second-order valence-electron chi connectivity index (χ2n) is 4.62. The van der Waals surface area contributed by atoms with Crippen molar-refractivity contribution < 1.29 is 4.39 Å². The van der Waals surface area contributed by atoms with E-state index in [2.05, 4.69) is 22.0 Å². The van der Waals surface area contributed by atoms with Crippen LogP contribution in [-0.2, 0) is 6.54 Å². The maximum Gasteiger partial charge on any atom is 0.123 e. The number of aromatic nitrogens is 2. The van der Waals surface area contributed by atoms with Gasteiger partial charge >= 0.3 is 0 Å². The number of nitrogens with one attached hydrogen (secondary N) is 1. The van der Waals surface area contributed by atoms with Crippen LogP contribution in [0.5, 0.6) is 0 Å². The maximum atomic E-state index is 13.3. The molecular formula is C14H17ClFN3. The second-order valence-corrected chi connectivity index (χ2v) is 5.03. The van der Waals surface area contributed by atoms with Crippen molar-refractivity contribution in [2.45, 2.75) is 19.9 Å². The van der Waals surface area contributed by atoms with Crippen molar-refractivity contribution in [3.63, 3.8) is 0 Å². The Balaban J connectivity index is 2.31. The molecule has 0 aliphatic rings. The lowest BCUT2D eigenvalue weighted by Crippen LogP contribution is -2.18. The lowest BCUT2D eigenvalue weighted by molar-refractivity contribution is 0.328. The van der Waals surface area contributed by atoms with Gasteiger partial charge in [-0.1, -0.05) is 18.5 Å². The lowest BCUT2D eigenvalue weighted by Gasteiger charge is -2.15. The van der Waals surface area contributed by atoms with E-state index in [1.54, 1.807) is 6.07 Å². The Labute approximate surface area is 117 Å². The van der Waals surface area contributed by atoms with E-state index >= 15 is 0 Å². The first-order valence-corrected chi connectivity index (χ1v) is 6.66. The molecule has 0 spiro atoms. The van der Waals surface area contributed by atoms with Gasteiger partial charge < -0.3 is 4.90 Å². The molecule has 1 heterocycles. The van der Waals surface area contributed by atoms with Crippen molar-refractivity contribution in [1.82, 2.24) is 15.1 Å². The van der Waals surface area contributed by atoms with Crippen LogP contribution in [0.3, 0.4) is 0 Å². The average Bonchev–Trinajstić information content (AvgIpc) is 2.80. The standard InChI is InChI=1S/C14H17ClFN3/c1-3-6-19(2)9-10-8-17-18-14(10)12-7-11(16)4-5-13(12)15/h4-5,7-8H,3,6,9H2,1-2H3,(H,17,18). The third-order valence-corrected chi connectivity index (χ3v) is 3.28. The van der Waals surface area contributed by atoms with Crippen molar-refractivity contribution in [3.8, 4) is 11.3 Å². The van der Waals surface area contributed by atoms with Crippen LogP contribution in [0.1, 0.15) is 18.9 Å². The Bertz CT molecular complexity index is 553. The van der Waals surface area contributed by atoms with Gasteiger partial charge in [-0.3, -0.25) is 5.10 Å². The molecule has 0 aliphatic carbocycles. The molecule has 5 heteroatoms. The van der Waals surface area contributed by atoms with Gasteiger partial charge in [-0.25, -0.2) is 4.39 Å². The van der Waals surface area contributed by atoms with Gasteiger partial charge in [-0.05, 0) is 38.2 Å². The SMILES string of the molecule is CCCN(C)Cc1c[nH]nc1-c1cc(F)ccc1Cl. The minimum Gasteiger partial charge on any atom is -0.302 e. The van der Waals surface area contributed by atoms with E-state index in [0.717, 1.165) is 25.1 Å². The number of nitrogens with zero attached hydrogens (tertiary/aromatic N) is 2. The quantitative estimate of drug-likeness (QED) is 0.906. The zero-order valence-electron chi connectivity index (χ0n) is 11.1. The van der Waals surface area contributed by atoms with Gasteiger partial charge in [0.05, 0.1) is 10.7 Å². The van der Waals surface area contributed by atoms with E-state index in [-0.39, 0.29) is 5.82 Å². The van der Waals surface area contributed by atoms with Gasteiger partial charge in [0, 0.05) is 23.9 Å². The molecular weight excluding hydrogens is 265 g/mol. The molecule has 0 amide bonds. The summed E-state index contributed by atoms with van der Waals surface area (Å²) < 4.78 is 13.3. The Morgan fingerprint density at radius 3 is 2.95 bits per heavy atom. The number of hydrogen-bond acceptors (Lipinski definition) is 2. The molecule has 0 atom stereocenters. The smallest absolute Gasteiger partial charge is 0.123 e. The van der Waals surface area contributed by atoms with Crippen molar-refractivity contribution in [1.29, 1.82) is 0 Å². The van der Waals surface area contributed by atoms with E-state index in [1.165, 1.54) is 12.1 Å². The van der Waals surface area contributed by atoms with Crippen LogP contribution in [0.2, 0.25) is 5.02 Å². The van der Waals surface area contributed by atoms with Crippen molar-refractivity contribution in [2.75, 3.05) is 13.6 Å². The van der Waals surface area contributed by atoms with Crippen LogP contribution >= 0.6 is 11.6 Å². The maximum absolute atomic E-state index is 13.3. The largest absolute Gasteiger partial charge is 0.302 e. The summed E-state index contributed by atoms with van der Waals surface area (Å²) in [5.41, 5.74) is 2.36. The summed E-state index contributed by atoms with van der Waals surface area (Å²) in [6.45, 7) is 3.89. The number of halogens is 2. The minimum absolute atomic E-state index is 0.310. The molecule has 2 rings (SSSR count). The summed E-state index contributed by atoms with van der Waals surface area (Å²) in [6.07, 6.45) is 2.92. The number of H-pyrrole nitrogens is 1. The Morgan fingerprint density at radius 2 is 2.21 bits per heavy atom. The molecule has 0 fully saturated rings. The summed E-state index contributed by atoms with van der Waals surface area (Å²) in [5, 5.41) is 7.54. The fraction of sp³-hybridized carbons (Fsp3) is 0.357. The highest BCUT2D eigenvalue weighted by molar-refractivity contribution is 6.33. The van der Waals surface area contributed by atoms with Gasteiger partial charge in [0.15, 0.2) is 0 Å². The Hall–Kier alpha value is -1.39. The molecule has 0 aliphatic heterocycles. The highest BCUT2D eigenvalue weighted by atomic mass is 35.5. The van der Waals surface area contributed by atoms with Crippen LogP contribution in [0.15, 0.2) is 24.4 Å². The molecule has 0 saturated heterocycles. The van der Waals surface area contributed by atoms with Crippen LogP contribution < -0.4 is 0 Å². The number of aromatic amines is 1. The van der Waals surface area contributed by atoms with E-state index < -0.39 is 0 Å². The minimum atomic E-state index is -0.310. The third kappa shape index (κ3) is 3.33. The van der Waals surface area contributed by atoms with Crippen LogP contribution in [-0.4, -0.2) is 28.7 Å². The fourth-order valence-electron chi connectivity index (χ4n) is 2.10. The van der Waals surface area contributed by atoms with Crippen molar-refractivity contribution in [3.05, 3.63) is 40.8 Å². The monoisotopic (exact) mass is 281 g/mol. The number of rotatable bonds is 5. The highest BCUT2D eigenvalue weighted by Gasteiger charge is 2.14. The van der Waals surface area contributed by atoms with E-state index in [0.29, 0.717) is 16.3 Å². The van der Waals surface area contributed by atoms with Crippen LogP contribution in [0, 0.1) is 5.82 Å². The highest BCUT2D eigenvalue weighted by Crippen LogP contribution is 2.29. The first kappa shape index (κ1) is 14.0. The summed E-state index contributed by atoms with van der Waals surface area (Å²) in [5.74, 6) is -0.310. The fourth-order valence-corrected chi connectivity index (χ4v) is 2.31. The van der Waals surface area contributed by atoms with Crippen molar-refractivity contribution in [2.24, 2.45) is 0 Å². The molecule has 2 aromatic rings. The summed E-state index contributed by atoms with van der Waals surface area (Å²) >= 11 is 6.12. The zero-order chi connectivity index (χ0) is 13.8. The predicted octanol–water partition coefficient (Wildman–Crippen LogP) is 3.71. The third-order valence-electron chi connectivity index (χ3n) is 2.95. The lowest BCUT2D eigenvalue weighted by atomic mass is 10.1. The Morgan fingerprint density at radius 1 is 1.42 bits per heavy atom. The molecule has 0 saturated carbocycles. The van der Waals surface area contributed by atoms with E-state index in [1.807, 2.05) is 13.2 Å². The summed E-state index contributed by atoms with van der Waals surface area (Å²) in [4.78, 5) is 2.20. The van der Waals surface area contributed by atoms with Gasteiger partial charge in [-0.15, -0.1) is 0 Å². The number of benzene rings is 1. The van der Waals surface area contributed by atoms with Gasteiger partial charge in [0.25, 0.3) is 0 Å². The first-order chi connectivity index (χ1) is 9.11. The molecule has 0 radical (unpaired) electrons. The van der Waals surface area contributed by atoms with Crippen LogP contribution in [0.25, 0.3) is 11.3 Å². The molecule has 0 unspecified atom stereocenters. The normalized spacial score (nSPS) is 11.2. The van der Waals surface area contributed by atoms with Gasteiger partial charge in [0.2, 0.25) is 0 Å². The molecule has 1 aromatic carbocycles. The predicted molar refractivity (Wildman–Crippen MR) is 75.6 cm³/mol. The zero-order valence-corrected chi connectivity index (χ0v) is 11.8. The molecule has 102 valence electrons. The summed E-state index contributed by atoms with van der Waals surface area (Å²) in [7, 11) is 2.05. The molecule has 1 N–H and O–H groups in total. The first-order valence-electron chi connectivity index (χ1n) is 6.28. The Kier molecular flexibility index (Phi) is 4.56. The van der Waals surface area contributed by atoms with Gasteiger partial charge in [0.1, 0.15) is 5.82 Å². The molecule has 19 heavy (non-hydrogen) atoms. The van der Waals surface area contributed by atoms with Gasteiger partial charge in [-0.2, -0.15) is 5.10 Å². The van der Waals surface area contributed by atoms with E-state index in [9.17, 15) is 4.39 Å². The van der Waals surface area contributed by atoms with Crippen LogP contribution in [0.4, 0.5) is 4.39 Å². The molecule has 0 bridgehead atoms. The summed E-state index contributed by atoms with van der Waals surface area (Å²) in [6, 6.07) is 4.32. The molecule has 3 nitrogen and oxygen atoms in total. The van der Waals surface area contributed by atoms with Crippen molar-refractivity contribution >= 4 is 11.6 Å². The molecule has 1 aromatic heterocycles. The average molecular weight is 282 g/mol. The second kappa shape index (κ2) is 6.17. The topological polar surface area (TPSA) is 31.9 Å².